The van der Waals surface area contributed by atoms with Crippen LogP contribution in [0.3, 0.4) is 0 Å². The first-order valence-corrected chi connectivity index (χ1v) is 9.62. The standard InChI is InChI=1S/C24H21NS/c1-18-17-19(2)26-24(18)20-13-15-23(16-14-20)25(21-9-5-3-6-10-21)22-11-7-4-8-12-22/h3-17H,1-2H3. The maximum atomic E-state index is 2.29. The van der Waals surface area contributed by atoms with Crippen molar-refractivity contribution in [3.8, 4) is 10.4 Å². The van der Waals surface area contributed by atoms with Crippen molar-refractivity contribution >= 4 is 28.4 Å². The molecular weight excluding hydrogens is 334 g/mol. The molecule has 4 rings (SSSR count). The van der Waals surface area contributed by atoms with Crippen molar-refractivity contribution in [2.45, 2.75) is 13.8 Å². The quantitative estimate of drug-likeness (QED) is 0.366. The lowest BCUT2D eigenvalue weighted by molar-refractivity contribution is 1.28. The smallest absolute Gasteiger partial charge is 0.0462 e. The Morgan fingerprint density at radius 3 is 1.58 bits per heavy atom. The molecule has 0 aliphatic rings. The normalized spacial score (nSPS) is 10.7. The third kappa shape index (κ3) is 3.29. The lowest BCUT2D eigenvalue weighted by Crippen LogP contribution is -2.09. The van der Waals surface area contributed by atoms with Gasteiger partial charge in [-0.05, 0) is 67.4 Å². The number of aryl methyl sites for hydroxylation is 2. The predicted octanol–water partition coefficient (Wildman–Crippen LogP) is 7.50. The van der Waals surface area contributed by atoms with E-state index in [1.165, 1.54) is 20.9 Å². The second kappa shape index (κ2) is 7.19. The molecule has 3 aromatic carbocycles. The summed E-state index contributed by atoms with van der Waals surface area (Å²) in [4.78, 5) is 5.01. The van der Waals surface area contributed by atoms with Gasteiger partial charge in [0, 0.05) is 26.8 Å². The Bertz CT molecular complexity index is 946. The Labute approximate surface area is 159 Å². The van der Waals surface area contributed by atoms with Crippen molar-refractivity contribution in [1.82, 2.24) is 0 Å². The summed E-state index contributed by atoms with van der Waals surface area (Å²) in [6.07, 6.45) is 0. The Kier molecular flexibility index (Phi) is 4.59. The molecule has 0 saturated heterocycles. The van der Waals surface area contributed by atoms with E-state index in [0.29, 0.717) is 0 Å². The van der Waals surface area contributed by atoms with Gasteiger partial charge < -0.3 is 4.90 Å². The van der Waals surface area contributed by atoms with Crippen LogP contribution in [0.1, 0.15) is 10.4 Å². The average molecular weight is 356 g/mol. The first-order valence-electron chi connectivity index (χ1n) is 8.80. The van der Waals surface area contributed by atoms with Crippen LogP contribution >= 0.6 is 11.3 Å². The van der Waals surface area contributed by atoms with Gasteiger partial charge in [0.25, 0.3) is 0 Å². The molecule has 0 saturated carbocycles. The van der Waals surface area contributed by atoms with Crippen LogP contribution in [0.5, 0.6) is 0 Å². The van der Waals surface area contributed by atoms with E-state index >= 15 is 0 Å². The van der Waals surface area contributed by atoms with E-state index in [2.05, 4.69) is 110 Å². The molecule has 0 atom stereocenters. The maximum Gasteiger partial charge on any atom is 0.0462 e. The van der Waals surface area contributed by atoms with Gasteiger partial charge in [0.1, 0.15) is 0 Å². The minimum Gasteiger partial charge on any atom is -0.311 e. The Hall–Kier alpha value is -2.84. The molecule has 128 valence electrons. The molecule has 0 fully saturated rings. The van der Waals surface area contributed by atoms with Crippen LogP contribution in [0.25, 0.3) is 10.4 Å². The summed E-state index contributed by atoms with van der Waals surface area (Å²) in [5.41, 5.74) is 6.12. The van der Waals surface area contributed by atoms with Crippen LogP contribution in [-0.4, -0.2) is 0 Å². The highest BCUT2D eigenvalue weighted by Crippen LogP contribution is 2.37. The summed E-state index contributed by atoms with van der Waals surface area (Å²) in [5.74, 6) is 0. The monoisotopic (exact) mass is 355 g/mol. The van der Waals surface area contributed by atoms with E-state index in [4.69, 9.17) is 0 Å². The number of para-hydroxylation sites is 2. The summed E-state index contributed by atoms with van der Waals surface area (Å²) in [6, 6.07) is 32.2. The van der Waals surface area contributed by atoms with Crippen molar-refractivity contribution in [2.75, 3.05) is 4.90 Å². The zero-order valence-corrected chi connectivity index (χ0v) is 15.8. The molecule has 2 heteroatoms. The Balaban J connectivity index is 1.76. The van der Waals surface area contributed by atoms with Gasteiger partial charge in [0.15, 0.2) is 0 Å². The summed E-state index contributed by atoms with van der Waals surface area (Å²) in [7, 11) is 0. The van der Waals surface area contributed by atoms with E-state index in [1.54, 1.807) is 0 Å². The first-order chi connectivity index (χ1) is 12.7. The number of benzene rings is 3. The van der Waals surface area contributed by atoms with Crippen molar-refractivity contribution in [2.24, 2.45) is 0 Å². The SMILES string of the molecule is Cc1cc(C)c(-c2ccc(N(c3ccccc3)c3ccccc3)cc2)s1. The Morgan fingerprint density at radius 1 is 0.615 bits per heavy atom. The third-order valence-electron chi connectivity index (χ3n) is 4.46. The van der Waals surface area contributed by atoms with E-state index in [1.807, 2.05) is 11.3 Å². The maximum absolute atomic E-state index is 2.29. The molecule has 0 N–H and O–H groups in total. The van der Waals surface area contributed by atoms with Crippen LogP contribution in [0, 0.1) is 13.8 Å². The van der Waals surface area contributed by atoms with Gasteiger partial charge in [-0.15, -0.1) is 11.3 Å². The van der Waals surface area contributed by atoms with E-state index in [-0.39, 0.29) is 0 Å². The number of hydrogen-bond donors (Lipinski definition) is 0. The molecule has 26 heavy (non-hydrogen) atoms. The highest BCUT2D eigenvalue weighted by molar-refractivity contribution is 7.15. The zero-order valence-electron chi connectivity index (χ0n) is 15.0. The van der Waals surface area contributed by atoms with Crippen LogP contribution < -0.4 is 4.90 Å². The number of nitrogens with zero attached hydrogens (tertiary/aromatic N) is 1. The molecular formula is C24H21NS. The van der Waals surface area contributed by atoms with Crippen molar-refractivity contribution in [1.29, 1.82) is 0 Å². The van der Waals surface area contributed by atoms with E-state index in [0.717, 1.165) is 17.1 Å². The minimum atomic E-state index is 1.16. The third-order valence-corrected chi connectivity index (χ3v) is 5.66. The Morgan fingerprint density at radius 2 is 1.12 bits per heavy atom. The van der Waals surface area contributed by atoms with Gasteiger partial charge in [-0.3, -0.25) is 0 Å². The molecule has 4 aromatic rings. The van der Waals surface area contributed by atoms with Crippen LogP contribution in [0.4, 0.5) is 17.1 Å². The highest BCUT2D eigenvalue weighted by atomic mass is 32.1. The van der Waals surface area contributed by atoms with Gasteiger partial charge in [-0.25, -0.2) is 0 Å². The number of anilines is 3. The molecule has 0 aliphatic carbocycles. The fourth-order valence-corrected chi connectivity index (χ4v) is 4.32. The van der Waals surface area contributed by atoms with Crippen molar-refractivity contribution in [3.63, 3.8) is 0 Å². The first kappa shape index (κ1) is 16.6. The summed E-state index contributed by atoms with van der Waals surface area (Å²) in [6.45, 7) is 4.36. The number of thiophene rings is 1. The van der Waals surface area contributed by atoms with E-state index < -0.39 is 0 Å². The van der Waals surface area contributed by atoms with Crippen LogP contribution in [-0.2, 0) is 0 Å². The molecule has 0 radical (unpaired) electrons. The van der Waals surface area contributed by atoms with E-state index in [9.17, 15) is 0 Å². The number of hydrogen-bond acceptors (Lipinski definition) is 2. The molecule has 1 nitrogen and oxygen atoms in total. The molecule has 0 bridgehead atoms. The zero-order chi connectivity index (χ0) is 17.9. The molecule has 1 aromatic heterocycles. The summed E-state index contributed by atoms with van der Waals surface area (Å²) in [5, 5.41) is 0. The predicted molar refractivity (Wildman–Crippen MR) is 114 cm³/mol. The van der Waals surface area contributed by atoms with Crippen molar-refractivity contribution in [3.05, 3.63) is 101 Å². The lowest BCUT2D eigenvalue weighted by Gasteiger charge is -2.25. The van der Waals surface area contributed by atoms with Gasteiger partial charge in [0.2, 0.25) is 0 Å². The topological polar surface area (TPSA) is 3.24 Å². The summed E-state index contributed by atoms with van der Waals surface area (Å²) >= 11 is 1.86. The van der Waals surface area contributed by atoms with Crippen molar-refractivity contribution < 1.29 is 0 Å². The molecule has 0 unspecified atom stereocenters. The fraction of sp³-hybridized carbons (Fsp3) is 0.0833. The molecule has 0 amide bonds. The molecule has 0 aliphatic heterocycles. The largest absolute Gasteiger partial charge is 0.311 e. The average Bonchev–Trinajstić information content (AvgIpc) is 3.02. The number of rotatable bonds is 4. The second-order valence-corrected chi connectivity index (χ2v) is 7.68. The fourth-order valence-electron chi connectivity index (χ4n) is 3.29. The summed E-state index contributed by atoms with van der Waals surface area (Å²) < 4.78 is 0. The van der Waals surface area contributed by atoms with Gasteiger partial charge in [-0.2, -0.15) is 0 Å². The highest BCUT2D eigenvalue weighted by Gasteiger charge is 2.12. The van der Waals surface area contributed by atoms with Gasteiger partial charge in [0.05, 0.1) is 0 Å². The molecule has 1 heterocycles. The van der Waals surface area contributed by atoms with Crippen LogP contribution in [0.2, 0.25) is 0 Å². The van der Waals surface area contributed by atoms with Crippen LogP contribution in [0.15, 0.2) is 91.0 Å². The molecule has 0 spiro atoms. The van der Waals surface area contributed by atoms with Gasteiger partial charge in [-0.1, -0.05) is 48.5 Å². The second-order valence-electron chi connectivity index (χ2n) is 6.42. The minimum absolute atomic E-state index is 1.16. The van der Waals surface area contributed by atoms with Gasteiger partial charge >= 0.3 is 0 Å². The lowest BCUT2D eigenvalue weighted by atomic mass is 10.1.